The first-order valence-electron chi connectivity index (χ1n) is 12.8. The molecule has 0 bridgehead atoms. The van der Waals surface area contributed by atoms with Crippen LogP contribution < -0.4 is 14.8 Å². The Morgan fingerprint density at radius 1 is 0.850 bits per heavy atom. The number of aromatic nitrogens is 3. The van der Waals surface area contributed by atoms with E-state index in [4.69, 9.17) is 9.47 Å². The molecule has 0 aliphatic rings. The summed E-state index contributed by atoms with van der Waals surface area (Å²) in [5.74, 6) is 0.584. The molecule has 4 aromatic carbocycles. The first-order chi connectivity index (χ1) is 19.6. The normalized spacial score (nSPS) is 11.6. The number of hydrogen-bond donors (Lipinski definition) is 1. The number of ether oxygens (including phenoxy) is 2. The van der Waals surface area contributed by atoms with Crippen molar-refractivity contribution in [1.82, 2.24) is 19.9 Å². The number of carbonyl (C=O) groups excluding carboxylic acids is 2. The van der Waals surface area contributed by atoms with Crippen LogP contribution in [0.15, 0.2) is 103 Å². The number of benzene rings is 4. The fourth-order valence-electron chi connectivity index (χ4n) is 4.53. The van der Waals surface area contributed by atoms with Crippen LogP contribution in [0.4, 0.5) is 5.69 Å². The maximum atomic E-state index is 14.1. The summed E-state index contributed by atoms with van der Waals surface area (Å²) in [7, 11) is 3.14. The summed E-state index contributed by atoms with van der Waals surface area (Å²) in [5.41, 5.74) is 3.48. The van der Waals surface area contributed by atoms with Gasteiger partial charge in [0.15, 0.2) is 0 Å². The van der Waals surface area contributed by atoms with E-state index < -0.39 is 6.04 Å². The number of anilines is 1. The highest BCUT2D eigenvalue weighted by Gasteiger charge is 2.32. The number of methoxy groups -OCH3 is 2. The molecule has 1 heterocycles. The smallest absolute Gasteiger partial charge is 0.251 e. The predicted molar refractivity (Wildman–Crippen MR) is 152 cm³/mol. The molecule has 0 spiro atoms. The lowest BCUT2D eigenvalue weighted by Crippen LogP contribution is -2.42. The predicted octanol–water partition coefficient (Wildman–Crippen LogP) is 4.86. The highest BCUT2D eigenvalue weighted by atomic mass is 16.5. The quantitative estimate of drug-likeness (QED) is 0.274. The molecule has 0 radical (unpaired) electrons. The zero-order valence-corrected chi connectivity index (χ0v) is 22.2. The highest BCUT2D eigenvalue weighted by Crippen LogP contribution is 2.29. The van der Waals surface area contributed by atoms with Crippen molar-refractivity contribution in [3.63, 3.8) is 0 Å². The third-order valence-corrected chi connectivity index (χ3v) is 6.55. The number of nitrogens with one attached hydrogen (secondary N) is 1. The molecule has 1 aromatic heterocycles. The van der Waals surface area contributed by atoms with Gasteiger partial charge in [-0.05, 0) is 59.7 Å². The van der Waals surface area contributed by atoms with Crippen molar-refractivity contribution in [2.45, 2.75) is 19.1 Å². The number of nitrogens with zero attached hydrogens (tertiary/aromatic N) is 4. The topological polar surface area (TPSA) is 98.6 Å². The van der Waals surface area contributed by atoms with Crippen molar-refractivity contribution in [2.75, 3.05) is 19.5 Å². The fraction of sp³-hybridized carbons (Fsp3) is 0.161. The van der Waals surface area contributed by atoms with Crippen LogP contribution in [-0.4, -0.2) is 45.9 Å². The number of carbonyl (C=O) groups is 2. The van der Waals surface area contributed by atoms with Crippen LogP contribution in [-0.2, 0) is 22.7 Å². The molecule has 0 saturated carbocycles. The molecule has 202 valence electrons. The Labute approximate surface area is 231 Å². The molecule has 9 heteroatoms. The van der Waals surface area contributed by atoms with Crippen molar-refractivity contribution in [3.05, 3.63) is 114 Å². The number of rotatable bonds is 10. The Hall–Kier alpha value is -5.18. The second kappa shape index (κ2) is 12.1. The van der Waals surface area contributed by atoms with Gasteiger partial charge in [0, 0.05) is 12.2 Å². The summed E-state index contributed by atoms with van der Waals surface area (Å²) < 4.78 is 12.2. The van der Waals surface area contributed by atoms with Crippen molar-refractivity contribution in [2.24, 2.45) is 0 Å². The molecule has 0 saturated heterocycles. The molecule has 0 aliphatic carbocycles. The summed E-state index contributed by atoms with van der Waals surface area (Å²) in [6, 6.07) is 30.3. The molecule has 0 fully saturated rings. The molecule has 0 aliphatic heterocycles. The average molecular weight is 536 g/mol. The van der Waals surface area contributed by atoms with E-state index in [1.54, 1.807) is 66.3 Å². The third-order valence-electron chi connectivity index (χ3n) is 6.55. The largest absolute Gasteiger partial charge is 0.497 e. The molecule has 5 rings (SSSR count). The van der Waals surface area contributed by atoms with E-state index in [9.17, 15) is 9.59 Å². The van der Waals surface area contributed by atoms with Gasteiger partial charge < -0.3 is 19.7 Å². The Balaban J connectivity index is 1.55. The Kier molecular flexibility index (Phi) is 8.01. The third kappa shape index (κ3) is 5.94. The summed E-state index contributed by atoms with van der Waals surface area (Å²) in [4.78, 5) is 29.7. The van der Waals surface area contributed by atoms with Crippen molar-refractivity contribution in [3.8, 4) is 11.5 Å². The van der Waals surface area contributed by atoms with E-state index in [-0.39, 0.29) is 24.9 Å². The molecular formula is C31H29N5O4. The molecule has 2 amide bonds. The molecule has 1 atom stereocenters. The standard InChI is InChI=1S/C31H29N5O4/c1-39-25-17-15-24(16-18-25)32-31(38)30(23-11-8-12-26(19-23)40-2)35(20-22-9-4-3-5-10-22)29(37)21-36-28-14-7-6-13-27(28)33-34-36/h3-19,30H,20-21H2,1-2H3,(H,32,38). The molecule has 9 nitrogen and oxygen atoms in total. The zero-order valence-electron chi connectivity index (χ0n) is 22.2. The van der Waals surface area contributed by atoms with Crippen LogP contribution in [0.1, 0.15) is 17.2 Å². The molecule has 40 heavy (non-hydrogen) atoms. The summed E-state index contributed by atoms with van der Waals surface area (Å²) in [5, 5.41) is 11.4. The van der Waals surface area contributed by atoms with Gasteiger partial charge in [0.05, 0.1) is 19.7 Å². The summed E-state index contributed by atoms with van der Waals surface area (Å²) in [6.45, 7) is 0.105. The van der Waals surface area contributed by atoms with Crippen LogP contribution in [0.25, 0.3) is 11.0 Å². The number of hydrogen-bond acceptors (Lipinski definition) is 6. The van der Waals surface area contributed by atoms with Gasteiger partial charge >= 0.3 is 0 Å². The van der Waals surface area contributed by atoms with Crippen molar-refractivity contribution < 1.29 is 19.1 Å². The van der Waals surface area contributed by atoms with Gasteiger partial charge in [0.2, 0.25) is 5.91 Å². The lowest BCUT2D eigenvalue weighted by Gasteiger charge is -2.32. The van der Waals surface area contributed by atoms with E-state index in [1.807, 2.05) is 60.7 Å². The van der Waals surface area contributed by atoms with E-state index >= 15 is 0 Å². The minimum atomic E-state index is -0.973. The van der Waals surface area contributed by atoms with Crippen LogP contribution in [0, 0.1) is 0 Å². The van der Waals surface area contributed by atoms with Crippen molar-refractivity contribution >= 4 is 28.5 Å². The van der Waals surface area contributed by atoms with Gasteiger partial charge in [0.25, 0.3) is 5.91 Å². The number of fused-ring (bicyclic) bond motifs is 1. The van der Waals surface area contributed by atoms with E-state index in [0.29, 0.717) is 28.3 Å². The molecule has 1 N–H and O–H groups in total. The van der Waals surface area contributed by atoms with E-state index in [0.717, 1.165) is 11.1 Å². The lowest BCUT2D eigenvalue weighted by molar-refractivity contribution is -0.140. The fourth-order valence-corrected chi connectivity index (χ4v) is 4.53. The molecular weight excluding hydrogens is 506 g/mol. The lowest BCUT2D eigenvalue weighted by atomic mass is 10.0. The van der Waals surface area contributed by atoms with Gasteiger partial charge in [-0.15, -0.1) is 5.10 Å². The maximum Gasteiger partial charge on any atom is 0.251 e. The minimum absolute atomic E-state index is 0.0936. The zero-order chi connectivity index (χ0) is 27.9. The van der Waals surface area contributed by atoms with Gasteiger partial charge in [-0.1, -0.05) is 59.8 Å². The maximum absolute atomic E-state index is 14.1. The van der Waals surface area contributed by atoms with E-state index in [1.165, 1.54) is 0 Å². The van der Waals surface area contributed by atoms with Crippen LogP contribution in [0.2, 0.25) is 0 Å². The summed E-state index contributed by atoms with van der Waals surface area (Å²) >= 11 is 0. The molecule has 1 unspecified atom stereocenters. The van der Waals surface area contributed by atoms with Crippen molar-refractivity contribution in [1.29, 1.82) is 0 Å². The molecule has 5 aromatic rings. The van der Waals surface area contributed by atoms with Crippen LogP contribution in [0.5, 0.6) is 11.5 Å². The Morgan fingerprint density at radius 3 is 2.33 bits per heavy atom. The Morgan fingerprint density at radius 2 is 1.57 bits per heavy atom. The monoisotopic (exact) mass is 535 g/mol. The SMILES string of the molecule is COc1ccc(NC(=O)C(c2cccc(OC)c2)N(Cc2ccccc2)C(=O)Cn2nnc3ccccc32)cc1. The second-order valence-corrected chi connectivity index (χ2v) is 9.14. The van der Waals surface area contributed by atoms with Crippen LogP contribution in [0.3, 0.4) is 0 Å². The Bertz CT molecular complexity index is 1600. The van der Waals surface area contributed by atoms with Gasteiger partial charge in [-0.2, -0.15) is 0 Å². The average Bonchev–Trinajstić information content (AvgIpc) is 3.40. The first kappa shape index (κ1) is 26.4. The summed E-state index contributed by atoms with van der Waals surface area (Å²) in [6.07, 6.45) is 0. The highest BCUT2D eigenvalue weighted by molar-refractivity contribution is 5.98. The number of para-hydroxylation sites is 1. The van der Waals surface area contributed by atoms with Crippen LogP contribution >= 0.6 is 0 Å². The second-order valence-electron chi connectivity index (χ2n) is 9.14. The van der Waals surface area contributed by atoms with Gasteiger partial charge in [-0.3, -0.25) is 9.59 Å². The van der Waals surface area contributed by atoms with E-state index in [2.05, 4.69) is 15.6 Å². The van der Waals surface area contributed by atoms with Gasteiger partial charge in [0.1, 0.15) is 29.6 Å². The number of amides is 2. The van der Waals surface area contributed by atoms with Gasteiger partial charge in [-0.25, -0.2) is 4.68 Å². The first-order valence-corrected chi connectivity index (χ1v) is 12.8. The minimum Gasteiger partial charge on any atom is -0.497 e.